The molecule has 2 rings (SSSR count). The van der Waals surface area contributed by atoms with Crippen molar-refractivity contribution in [3.05, 3.63) is 30.1 Å². The second-order valence-electron chi connectivity index (χ2n) is 5.22. The van der Waals surface area contributed by atoms with Crippen LogP contribution in [0.2, 0.25) is 0 Å². The number of hydrogen-bond acceptors (Lipinski definition) is 2. The van der Waals surface area contributed by atoms with Gasteiger partial charge in [0.15, 0.2) is 0 Å². The van der Waals surface area contributed by atoms with Crippen LogP contribution in [0.1, 0.15) is 32.4 Å². The van der Waals surface area contributed by atoms with E-state index in [0.717, 1.165) is 12.8 Å². The quantitative estimate of drug-likeness (QED) is 0.775. The van der Waals surface area contributed by atoms with Gasteiger partial charge < -0.3 is 5.73 Å². The molecule has 0 aromatic carbocycles. The molecule has 1 heterocycles. The minimum atomic E-state index is 0.157. The van der Waals surface area contributed by atoms with Gasteiger partial charge in [0.25, 0.3) is 0 Å². The van der Waals surface area contributed by atoms with Crippen LogP contribution in [0.25, 0.3) is 0 Å². The third-order valence-corrected chi connectivity index (χ3v) is 3.23. The molecule has 1 saturated carbocycles. The van der Waals surface area contributed by atoms with Crippen molar-refractivity contribution in [3.8, 4) is 0 Å². The summed E-state index contributed by atoms with van der Waals surface area (Å²) in [6, 6.07) is 6.10. The van der Waals surface area contributed by atoms with Crippen LogP contribution < -0.4 is 5.73 Å². The van der Waals surface area contributed by atoms with Gasteiger partial charge >= 0.3 is 0 Å². The minimum Gasteiger partial charge on any atom is -0.330 e. The first-order valence-corrected chi connectivity index (χ1v) is 5.20. The largest absolute Gasteiger partial charge is 0.330 e. The Morgan fingerprint density at radius 2 is 2.07 bits per heavy atom. The van der Waals surface area contributed by atoms with E-state index in [9.17, 15) is 0 Å². The van der Waals surface area contributed by atoms with Crippen molar-refractivity contribution in [2.24, 2.45) is 11.1 Å². The Hall–Kier alpha value is -0.890. The predicted octanol–water partition coefficient (Wildman–Crippen LogP) is 2.10. The number of nitrogens with zero attached hydrogens (tertiary/aromatic N) is 1. The highest BCUT2D eigenvalue weighted by Gasteiger charge is 2.49. The molecule has 0 aliphatic heterocycles. The third kappa shape index (κ3) is 1.44. The smallest absolute Gasteiger partial charge is 0.0478 e. The zero-order valence-corrected chi connectivity index (χ0v) is 8.96. The van der Waals surface area contributed by atoms with Crippen LogP contribution in [0, 0.1) is 5.41 Å². The van der Waals surface area contributed by atoms with Gasteiger partial charge in [0.2, 0.25) is 0 Å². The second kappa shape index (κ2) is 3.06. The summed E-state index contributed by atoms with van der Waals surface area (Å²) in [5, 5.41) is 0. The standard InChI is InChI=1S/C12H18N2/c1-11(2)7-12(8-11,9-13)10-5-3-4-6-14-10/h3-6H,7-9,13H2,1-2H3. The van der Waals surface area contributed by atoms with Crippen molar-refractivity contribution in [2.75, 3.05) is 6.54 Å². The Labute approximate surface area is 85.5 Å². The van der Waals surface area contributed by atoms with Crippen LogP contribution in [-0.2, 0) is 5.41 Å². The number of nitrogens with two attached hydrogens (primary N) is 1. The number of rotatable bonds is 2. The third-order valence-electron chi connectivity index (χ3n) is 3.23. The van der Waals surface area contributed by atoms with Crippen LogP contribution >= 0.6 is 0 Å². The van der Waals surface area contributed by atoms with Gasteiger partial charge in [-0.2, -0.15) is 0 Å². The lowest BCUT2D eigenvalue weighted by Crippen LogP contribution is -2.51. The fourth-order valence-electron chi connectivity index (χ4n) is 2.89. The molecular weight excluding hydrogens is 172 g/mol. The molecule has 0 atom stereocenters. The maximum absolute atomic E-state index is 5.88. The van der Waals surface area contributed by atoms with Gasteiger partial charge in [-0.1, -0.05) is 19.9 Å². The monoisotopic (exact) mass is 190 g/mol. The Morgan fingerprint density at radius 1 is 1.36 bits per heavy atom. The molecule has 2 nitrogen and oxygen atoms in total. The lowest BCUT2D eigenvalue weighted by molar-refractivity contribution is 0.0601. The Morgan fingerprint density at radius 3 is 2.50 bits per heavy atom. The molecule has 0 bridgehead atoms. The Balaban J connectivity index is 2.25. The normalized spacial score (nSPS) is 22.8. The molecule has 0 unspecified atom stereocenters. The lowest BCUT2D eigenvalue weighted by atomic mass is 9.53. The fourth-order valence-corrected chi connectivity index (χ4v) is 2.89. The first-order chi connectivity index (χ1) is 6.58. The maximum atomic E-state index is 5.88. The van der Waals surface area contributed by atoms with Crippen LogP contribution in [0.3, 0.4) is 0 Å². The summed E-state index contributed by atoms with van der Waals surface area (Å²) in [6.07, 6.45) is 4.18. The van der Waals surface area contributed by atoms with Gasteiger partial charge in [-0.05, 0) is 30.4 Å². The van der Waals surface area contributed by atoms with E-state index in [-0.39, 0.29) is 5.41 Å². The average molecular weight is 190 g/mol. The summed E-state index contributed by atoms with van der Waals surface area (Å²) in [6.45, 7) is 5.31. The van der Waals surface area contributed by atoms with E-state index in [1.165, 1.54) is 5.69 Å². The summed E-state index contributed by atoms with van der Waals surface area (Å²) < 4.78 is 0. The van der Waals surface area contributed by atoms with Crippen molar-refractivity contribution in [3.63, 3.8) is 0 Å². The highest BCUT2D eigenvalue weighted by molar-refractivity contribution is 5.24. The summed E-state index contributed by atoms with van der Waals surface area (Å²) >= 11 is 0. The van der Waals surface area contributed by atoms with E-state index in [2.05, 4.69) is 24.9 Å². The molecule has 76 valence electrons. The molecule has 2 heteroatoms. The summed E-state index contributed by atoms with van der Waals surface area (Å²) in [5.74, 6) is 0. The number of aromatic nitrogens is 1. The van der Waals surface area contributed by atoms with Crippen molar-refractivity contribution < 1.29 is 0 Å². The van der Waals surface area contributed by atoms with Gasteiger partial charge in [-0.3, -0.25) is 4.98 Å². The highest BCUT2D eigenvalue weighted by atomic mass is 14.8. The van der Waals surface area contributed by atoms with Crippen molar-refractivity contribution >= 4 is 0 Å². The zero-order chi connectivity index (χ0) is 10.2. The topological polar surface area (TPSA) is 38.9 Å². The van der Waals surface area contributed by atoms with Crippen LogP contribution in [0.15, 0.2) is 24.4 Å². The molecule has 1 fully saturated rings. The van der Waals surface area contributed by atoms with Crippen LogP contribution in [0.5, 0.6) is 0 Å². The van der Waals surface area contributed by atoms with Crippen molar-refractivity contribution in [2.45, 2.75) is 32.1 Å². The molecule has 1 aliphatic carbocycles. The summed E-state index contributed by atoms with van der Waals surface area (Å²) in [7, 11) is 0. The van der Waals surface area contributed by atoms with Crippen LogP contribution in [-0.4, -0.2) is 11.5 Å². The fraction of sp³-hybridized carbons (Fsp3) is 0.583. The molecular formula is C12H18N2. The molecule has 0 radical (unpaired) electrons. The molecule has 14 heavy (non-hydrogen) atoms. The van der Waals surface area contributed by atoms with E-state index in [1.54, 1.807) is 0 Å². The predicted molar refractivity (Wildman–Crippen MR) is 58.0 cm³/mol. The summed E-state index contributed by atoms with van der Waals surface area (Å²) in [4.78, 5) is 4.43. The first-order valence-electron chi connectivity index (χ1n) is 5.20. The van der Waals surface area contributed by atoms with Crippen molar-refractivity contribution in [1.29, 1.82) is 0 Å². The summed E-state index contributed by atoms with van der Waals surface area (Å²) in [5.41, 5.74) is 7.65. The lowest BCUT2D eigenvalue weighted by Gasteiger charge is -2.52. The van der Waals surface area contributed by atoms with Crippen LogP contribution in [0.4, 0.5) is 0 Å². The average Bonchev–Trinajstić information content (AvgIpc) is 2.15. The van der Waals surface area contributed by atoms with Gasteiger partial charge in [0, 0.05) is 23.9 Å². The van der Waals surface area contributed by atoms with E-state index < -0.39 is 0 Å². The molecule has 1 aromatic rings. The van der Waals surface area contributed by atoms with Gasteiger partial charge in [0.05, 0.1) is 0 Å². The molecule has 1 aromatic heterocycles. The maximum Gasteiger partial charge on any atom is 0.0478 e. The molecule has 0 amide bonds. The zero-order valence-electron chi connectivity index (χ0n) is 8.96. The number of hydrogen-bond donors (Lipinski definition) is 1. The number of pyridine rings is 1. The molecule has 0 spiro atoms. The van der Waals surface area contributed by atoms with Gasteiger partial charge in [-0.25, -0.2) is 0 Å². The van der Waals surface area contributed by atoms with E-state index in [0.29, 0.717) is 12.0 Å². The van der Waals surface area contributed by atoms with E-state index in [4.69, 9.17) is 5.73 Å². The van der Waals surface area contributed by atoms with E-state index in [1.807, 2.05) is 18.3 Å². The Bertz CT molecular complexity index is 308. The highest BCUT2D eigenvalue weighted by Crippen LogP contribution is 2.54. The minimum absolute atomic E-state index is 0.157. The molecule has 2 N–H and O–H groups in total. The van der Waals surface area contributed by atoms with Gasteiger partial charge in [0.1, 0.15) is 0 Å². The molecule has 0 saturated heterocycles. The Kier molecular flexibility index (Phi) is 2.11. The van der Waals surface area contributed by atoms with Gasteiger partial charge in [-0.15, -0.1) is 0 Å². The first kappa shape index (κ1) is 9.66. The van der Waals surface area contributed by atoms with E-state index >= 15 is 0 Å². The molecule has 1 aliphatic rings. The second-order valence-corrected chi connectivity index (χ2v) is 5.22. The van der Waals surface area contributed by atoms with Crippen molar-refractivity contribution in [1.82, 2.24) is 4.98 Å². The SMILES string of the molecule is CC1(C)CC(CN)(c2ccccn2)C1.